The van der Waals surface area contributed by atoms with Crippen molar-refractivity contribution >= 4 is 0 Å². The van der Waals surface area contributed by atoms with Crippen LogP contribution in [-0.2, 0) is 6.42 Å². The van der Waals surface area contributed by atoms with Gasteiger partial charge in [0.15, 0.2) is 0 Å². The Labute approximate surface area is 156 Å². The first-order valence-electron chi connectivity index (χ1n) is 9.14. The van der Waals surface area contributed by atoms with Crippen LogP contribution in [0.4, 0.5) is 0 Å². The average Bonchev–Trinajstić information content (AvgIpc) is 2.69. The van der Waals surface area contributed by atoms with Gasteiger partial charge in [-0.1, -0.05) is 72.8 Å². The Morgan fingerprint density at radius 3 is 2.15 bits per heavy atom. The number of methoxy groups -OCH3 is 1. The summed E-state index contributed by atoms with van der Waals surface area (Å²) in [5, 5.41) is 10.4. The molecule has 3 aromatic rings. The number of aryl methyl sites for hydroxylation is 1. The minimum Gasteiger partial charge on any atom is -0.496 e. The Hall–Kier alpha value is -2.58. The summed E-state index contributed by atoms with van der Waals surface area (Å²) in [4.78, 5) is 0. The molecule has 0 fully saturated rings. The van der Waals surface area contributed by atoms with Crippen molar-refractivity contribution in [1.29, 1.82) is 0 Å². The molecule has 26 heavy (non-hydrogen) atoms. The number of hydrogen-bond donors (Lipinski definition) is 1. The Balaban J connectivity index is 1.85. The van der Waals surface area contributed by atoms with E-state index in [9.17, 15) is 5.11 Å². The lowest BCUT2D eigenvalue weighted by atomic mass is 9.87. The minimum atomic E-state index is -0.411. The fourth-order valence-corrected chi connectivity index (χ4v) is 3.45. The lowest BCUT2D eigenvalue weighted by Crippen LogP contribution is -2.16. The van der Waals surface area contributed by atoms with Crippen molar-refractivity contribution in [1.82, 2.24) is 0 Å². The molecule has 3 aromatic carbocycles. The zero-order valence-electron chi connectivity index (χ0n) is 15.4. The quantitative estimate of drug-likeness (QED) is 0.615. The molecule has 0 saturated heterocycles. The Morgan fingerprint density at radius 1 is 0.885 bits per heavy atom. The SMILES string of the molecule is COc1cc(C(CCc2ccccc2)C(C)O)ccc1-c1ccccc1. The van der Waals surface area contributed by atoms with Gasteiger partial charge in [-0.3, -0.25) is 0 Å². The van der Waals surface area contributed by atoms with Crippen molar-refractivity contribution in [3.05, 3.63) is 90.0 Å². The normalized spacial score (nSPS) is 13.2. The predicted octanol–water partition coefficient (Wildman–Crippen LogP) is 5.46. The molecule has 0 heterocycles. The first-order chi connectivity index (χ1) is 12.7. The molecule has 0 aliphatic rings. The zero-order chi connectivity index (χ0) is 18.4. The third-order valence-electron chi connectivity index (χ3n) is 4.91. The molecule has 0 aliphatic carbocycles. The van der Waals surface area contributed by atoms with E-state index in [1.807, 2.05) is 31.2 Å². The van der Waals surface area contributed by atoms with Crippen molar-refractivity contribution in [2.45, 2.75) is 31.8 Å². The van der Waals surface area contributed by atoms with Crippen molar-refractivity contribution < 1.29 is 9.84 Å². The molecule has 1 N–H and O–H groups in total. The first-order valence-corrected chi connectivity index (χ1v) is 9.14. The van der Waals surface area contributed by atoms with Crippen LogP contribution in [0, 0.1) is 0 Å². The van der Waals surface area contributed by atoms with Gasteiger partial charge in [-0.25, -0.2) is 0 Å². The molecule has 2 unspecified atom stereocenters. The van der Waals surface area contributed by atoms with Gasteiger partial charge in [0.05, 0.1) is 13.2 Å². The molecule has 2 nitrogen and oxygen atoms in total. The summed E-state index contributed by atoms with van der Waals surface area (Å²) >= 11 is 0. The largest absolute Gasteiger partial charge is 0.496 e. The molecule has 0 spiro atoms. The number of hydrogen-bond acceptors (Lipinski definition) is 2. The first kappa shape index (κ1) is 18.2. The topological polar surface area (TPSA) is 29.5 Å². The third kappa shape index (κ3) is 4.33. The van der Waals surface area contributed by atoms with Crippen LogP contribution >= 0.6 is 0 Å². The maximum absolute atomic E-state index is 10.4. The summed E-state index contributed by atoms with van der Waals surface area (Å²) in [6, 6.07) is 26.9. The number of aliphatic hydroxyl groups is 1. The maximum Gasteiger partial charge on any atom is 0.126 e. The van der Waals surface area contributed by atoms with E-state index in [0.29, 0.717) is 0 Å². The molecular formula is C24H26O2. The third-order valence-corrected chi connectivity index (χ3v) is 4.91. The van der Waals surface area contributed by atoms with Gasteiger partial charge in [-0.15, -0.1) is 0 Å². The number of benzene rings is 3. The van der Waals surface area contributed by atoms with E-state index in [1.54, 1.807) is 7.11 Å². The molecule has 3 rings (SSSR count). The van der Waals surface area contributed by atoms with E-state index >= 15 is 0 Å². The molecule has 134 valence electrons. The number of aliphatic hydroxyl groups excluding tert-OH is 1. The summed E-state index contributed by atoms with van der Waals surface area (Å²) in [6.07, 6.45) is 1.43. The molecule has 0 radical (unpaired) electrons. The second-order valence-corrected chi connectivity index (χ2v) is 6.70. The highest BCUT2D eigenvalue weighted by Gasteiger charge is 2.19. The van der Waals surface area contributed by atoms with Gasteiger partial charge in [0.1, 0.15) is 5.75 Å². The Kier molecular flexibility index (Phi) is 6.08. The van der Waals surface area contributed by atoms with E-state index in [2.05, 4.69) is 54.6 Å². The molecule has 0 amide bonds. The van der Waals surface area contributed by atoms with E-state index in [1.165, 1.54) is 5.56 Å². The van der Waals surface area contributed by atoms with Crippen LogP contribution < -0.4 is 4.74 Å². The standard InChI is InChI=1S/C24H26O2/c1-18(25)22(15-13-19-9-5-3-6-10-19)21-14-16-23(24(17-21)26-2)20-11-7-4-8-12-20/h3-12,14,16-18,22,25H,13,15H2,1-2H3. The van der Waals surface area contributed by atoms with Gasteiger partial charge in [0.25, 0.3) is 0 Å². The Morgan fingerprint density at radius 2 is 1.54 bits per heavy atom. The number of rotatable bonds is 7. The van der Waals surface area contributed by atoms with Crippen LogP contribution in [0.25, 0.3) is 11.1 Å². The Bertz CT molecular complexity index is 810. The molecular weight excluding hydrogens is 320 g/mol. The molecule has 0 saturated carbocycles. The van der Waals surface area contributed by atoms with Crippen LogP contribution in [0.2, 0.25) is 0 Å². The lowest BCUT2D eigenvalue weighted by Gasteiger charge is -2.22. The molecule has 0 aliphatic heterocycles. The molecule has 0 aromatic heterocycles. The second kappa shape index (κ2) is 8.68. The van der Waals surface area contributed by atoms with Crippen LogP contribution in [0.5, 0.6) is 5.75 Å². The smallest absolute Gasteiger partial charge is 0.126 e. The highest BCUT2D eigenvalue weighted by Crippen LogP contribution is 2.35. The van der Waals surface area contributed by atoms with Gasteiger partial charge in [-0.05, 0) is 42.5 Å². The minimum absolute atomic E-state index is 0.0777. The summed E-state index contributed by atoms with van der Waals surface area (Å²) in [7, 11) is 1.70. The lowest BCUT2D eigenvalue weighted by molar-refractivity contribution is 0.157. The van der Waals surface area contributed by atoms with E-state index in [4.69, 9.17) is 4.74 Å². The van der Waals surface area contributed by atoms with Crippen molar-refractivity contribution in [2.75, 3.05) is 7.11 Å². The van der Waals surface area contributed by atoms with E-state index in [0.717, 1.165) is 35.3 Å². The van der Waals surface area contributed by atoms with Gasteiger partial charge in [0, 0.05) is 11.5 Å². The highest BCUT2D eigenvalue weighted by molar-refractivity contribution is 5.71. The number of ether oxygens (including phenoxy) is 1. The maximum atomic E-state index is 10.4. The van der Waals surface area contributed by atoms with Gasteiger partial charge < -0.3 is 9.84 Å². The average molecular weight is 346 g/mol. The van der Waals surface area contributed by atoms with Gasteiger partial charge in [-0.2, -0.15) is 0 Å². The second-order valence-electron chi connectivity index (χ2n) is 6.70. The molecule has 0 bridgehead atoms. The fraction of sp³-hybridized carbons (Fsp3) is 0.250. The van der Waals surface area contributed by atoms with E-state index < -0.39 is 6.10 Å². The van der Waals surface area contributed by atoms with Crippen LogP contribution in [0.3, 0.4) is 0 Å². The van der Waals surface area contributed by atoms with Crippen molar-refractivity contribution in [3.63, 3.8) is 0 Å². The molecule has 2 heteroatoms. The highest BCUT2D eigenvalue weighted by atomic mass is 16.5. The monoisotopic (exact) mass is 346 g/mol. The zero-order valence-corrected chi connectivity index (χ0v) is 15.4. The predicted molar refractivity (Wildman–Crippen MR) is 108 cm³/mol. The summed E-state index contributed by atoms with van der Waals surface area (Å²) in [5.41, 5.74) is 4.62. The van der Waals surface area contributed by atoms with Crippen LogP contribution in [0.15, 0.2) is 78.9 Å². The summed E-state index contributed by atoms with van der Waals surface area (Å²) < 4.78 is 5.65. The van der Waals surface area contributed by atoms with Gasteiger partial charge >= 0.3 is 0 Å². The summed E-state index contributed by atoms with van der Waals surface area (Å²) in [5.74, 6) is 0.924. The van der Waals surface area contributed by atoms with Crippen molar-refractivity contribution in [3.8, 4) is 16.9 Å². The van der Waals surface area contributed by atoms with Crippen molar-refractivity contribution in [2.24, 2.45) is 0 Å². The molecule has 2 atom stereocenters. The fourth-order valence-electron chi connectivity index (χ4n) is 3.45. The van der Waals surface area contributed by atoms with Crippen LogP contribution in [0.1, 0.15) is 30.4 Å². The van der Waals surface area contributed by atoms with E-state index in [-0.39, 0.29) is 5.92 Å². The summed E-state index contributed by atoms with van der Waals surface area (Å²) in [6.45, 7) is 1.87. The van der Waals surface area contributed by atoms with Gasteiger partial charge in [0.2, 0.25) is 0 Å². The van der Waals surface area contributed by atoms with Crippen LogP contribution in [-0.4, -0.2) is 18.3 Å².